The normalized spacial score (nSPS) is 20.2. The third kappa shape index (κ3) is 3.04. The summed E-state index contributed by atoms with van der Waals surface area (Å²) in [4.78, 5) is 11.8. The van der Waals surface area contributed by atoms with Crippen molar-refractivity contribution in [1.82, 2.24) is 20.4 Å². The van der Waals surface area contributed by atoms with Crippen LogP contribution in [-0.4, -0.2) is 41.5 Å². The quantitative estimate of drug-likeness (QED) is 0.733. The predicted molar refractivity (Wildman–Crippen MR) is 62.4 cm³/mol. The summed E-state index contributed by atoms with van der Waals surface area (Å²) in [6, 6.07) is 0. The number of ether oxygens (including phenoxy) is 1. The number of aryl methyl sites for hydroxylation is 2. The highest BCUT2D eigenvalue weighted by molar-refractivity contribution is 5.81. The molecule has 2 heterocycles. The molecule has 2 rings (SSSR count). The van der Waals surface area contributed by atoms with E-state index >= 15 is 0 Å². The van der Waals surface area contributed by atoms with Crippen molar-refractivity contribution < 1.29 is 9.53 Å². The molecule has 1 atom stereocenters. The lowest BCUT2D eigenvalue weighted by atomic mass is 10.2. The van der Waals surface area contributed by atoms with E-state index in [4.69, 9.17) is 4.74 Å². The Bertz CT molecular complexity index is 396. The number of hydrogen-bond acceptors (Lipinski definition) is 4. The fraction of sp³-hybridized carbons (Fsp3) is 0.636. The van der Waals surface area contributed by atoms with Gasteiger partial charge in [-0.1, -0.05) is 0 Å². The number of carbonyl (C=O) groups is 1. The maximum Gasteiger partial charge on any atom is 0.250 e. The molecule has 6 nitrogen and oxygen atoms in total. The minimum Gasteiger partial charge on any atom is -0.366 e. The van der Waals surface area contributed by atoms with Gasteiger partial charge in [0, 0.05) is 38.4 Å². The first-order chi connectivity index (χ1) is 8.16. The molecule has 17 heavy (non-hydrogen) atoms. The van der Waals surface area contributed by atoms with Crippen LogP contribution in [0.5, 0.6) is 0 Å². The zero-order valence-corrected chi connectivity index (χ0v) is 10.2. The Morgan fingerprint density at radius 2 is 2.59 bits per heavy atom. The van der Waals surface area contributed by atoms with Gasteiger partial charge in [-0.3, -0.25) is 9.48 Å². The van der Waals surface area contributed by atoms with Crippen LogP contribution in [-0.2, 0) is 23.1 Å². The van der Waals surface area contributed by atoms with E-state index in [1.165, 1.54) is 0 Å². The van der Waals surface area contributed by atoms with Crippen LogP contribution >= 0.6 is 0 Å². The maximum absolute atomic E-state index is 11.8. The Labute approximate surface area is 100 Å². The number of aromatic nitrogens is 2. The van der Waals surface area contributed by atoms with Gasteiger partial charge in [0.05, 0.1) is 12.3 Å². The Hall–Kier alpha value is -1.40. The average Bonchev–Trinajstić information content (AvgIpc) is 2.66. The molecule has 1 saturated heterocycles. The molecule has 1 aromatic rings. The van der Waals surface area contributed by atoms with E-state index in [2.05, 4.69) is 15.7 Å². The van der Waals surface area contributed by atoms with E-state index in [-0.39, 0.29) is 12.0 Å². The van der Waals surface area contributed by atoms with Crippen molar-refractivity contribution in [3.8, 4) is 0 Å². The summed E-state index contributed by atoms with van der Waals surface area (Å²) in [6.45, 7) is 4.41. The van der Waals surface area contributed by atoms with E-state index in [0.717, 1.165) is 17.8 Å². The van der Waals surface area contributed by atoms with Crippen LogP contribution in [0.3, 0.4) is 0 Å². The molecule has 0 radical (unpaired) electrons. The topological polar surface area (TPSA) is 68.2 Å². The third-order valence-electron chi connectivity index (χ3n) is 2.79. The molecule has 6 heteroatoms. The Morgan fingerprint density at radius 1 is 1.76 bits per heavy atom. The van der Waals surface area contributed by atoms with Crippen molar-refractivity contribution in [2.45, 2.75) is 19.6 Å². The van der Waals surface area contributed by atoms with Crippen molar-refractivity contribution in [2.75, 3.05) is 19.7 Å². The number of morpholine rings is 1. The largest absolute Gasteiger partial charge is 0.366 e. The molecule has 0 spiro atoms. The van der Waals surface area contributed by atoms with E-state index in [0.29, 0.717) is 19.7 Å². The SMILES string of the molecule is Cc1nn(C)cc1CNC(=O)C1CNCCO1. The zero-order valence-electron chi connectivity index (χ0n) is 10.2. The molecular weight excluding hydrogens is 220 g/mol. The van der Waals surface area contributed by atoms with Gasteiger partial charge in [-0.2, -0.15) is 5.10 Å². The molecule has 1 aliphatic heterocycles. The zero-order chi connectivity index (χ0) is 12.3. The molecule has 94 valence electrons. The second-order valence-corrected chi connectivity index (χ2v) is 4.19. The number of rotatable bonds is 3. The molecule has 1 aromatic heterocycles. The van der Waals surface area contributed by atoms with Gasteiger partial charge in [0.2, 0.25) is 0 Å². The van der Waals surface area contributed by atoms with Gasteiger partial charge in [-0.25, -0.2) is 0 Å². The lowest BCUT2D eigenvalue weighted by molar-refractivity contribution is -0.134. The van der Waals surface area contributed by atoms with Gasteiger partial charge >= 0.3 is 0 Å². The molecule has 1 aliphatic rings. The first-order valence-electron chi connectivity index (χ1n) is 5.76. The fourth-order valence-corrected chi connectivity index (χ4v) is 1.85. The third-order valence-corrected chi connectivity index (χ3v) is 2.79. The van der Waals surface area contributed by atoms with Crippen LogP contribution in [0.15, 0.2) is 6.20 Å². The molecule has 0 saturated carbocycles. The molecule has 0 aromatic carbocycles. The number of nitrogens with zero attached hydrogens (tertiary/aromatic N) is 2. The van der Waals surface area contributed by atoms with Crippen molar-refractivity contribution in [1.29, 1.82) is 0 Å². The van der Waals surface area contributed by atoms with E-state index < -0.39 is 0 Å². The van der Waals surface area contributed by atoms with Gasteiger partial charge in [0.15, 0.2) is 0 Å². The number of hydrogen-bond donors (Lipinski definition) is 2. The molecule has 0 aliphatic carbocycles. The minimum absolute atomic E-state index is 0.0690. The average molecular weight is 238 g/mol. The number of nitrogens with one attached hydrogen (secondary N) is 2. The lowest BCUT2D eigenvalue weighted by Gasteiger charge is -2.22. The first kappa shape index (κ1) is 12.1. The summed E-state index contributed by atoms with van der Waals surface area (Å²) < 4.78 is 7.11. The minimum atomic E-state index is -0.374. The number of carbonyl (C=O) groups excluding carboxylic acids is 1. The van der Waals surface area contributed by atoms with E-state index in [9.17, 15) is 4.79 Å². The van der Waals surface area contributed by atoms with Crippen molar-refractivity contribution >= 4 is 5.91 Å². The highest BCUT2D eigenvalue weighted by Crippen LogP contribution is 2.04. The highest BCUT2D eigenvalue weighted by Gasteiger charge is 2.21. The van der Waals surface area contributed by atoms with Gasteiger partial charge in [-0.05, 0) is 6.92 Å². The Morgan fingerprint density at radius 3 is 3.18 bits per heavy atom. The van der Waals surface area contributed by atoms with Gasteiger partial charge in [-0.15, -0.1) is 0 Å². The van der Waals surface area contributed by atoms with Gasteiger partial charge in [0.1, 0.15) is 6.10 Å². The van der Waals surface area contributed by atoms with Crippen molar-refractivity contribution in [3.63, 3.8) is 0 Å². The summed E-state index contributed by atoms with van der Waals surface area (Å²) in [5, 5.41) is 10.2. The molecule has 1 fully saturated rings. The summed E-state index contributed by atoms with van der Waals surface area (Å²) in [5.41, 5.74) is 1.97. The molecule has 1 amide bonds. The standard InChI is InChI=1S/C11H18N4O2/c1-8-9(7-15(2)14-8)5-13-11(16)10-6-12-3-4-17-10/h7,10,12H,3-6H2,1-2H3,(H,13,16). The van der Waals surface area contributed by atoms with Crippen LogP contribution in [0.1, 0.15) is 11.3 Å². The Balaban J connectivity index is 1.85. The Kier molecular flexibility index (Phi) is 3.75. The van der Waals surface area contributed by atoms with E-state index in [1.807, 2.05) is 20.2 Å². The molecular formula is C11H18N4O2. The number of amides is 1. The predicted octanol–water partition coefficient (Wildman–Crippen LogP) is -0.667. The molecule has 0 bridgehead atoms. The van der Waals surface area contributed by atoms with Gasteiger partial charge in [0.25, 0.3) is 5.91 Å². The second kappa shape index (κ2) is 5.29. The van der Waals surface area contributed by atoms with Crippen molar-refractivity contribution in [3.05, 3.63) is 17.5 Å². The summed E-state index contributed by atoms with van der Waals surface area (Å²) in [7, 11) is 1.87. The molecule has 1 unspecified atom stereocenters. The van der Waals surface area contributed by atoms with Crippen molar-refractivity contribution in [2.24, 2.45) is 7.05 Å². The lowest BCUT2D eigenvalue weighted by Crippen LogP contribution is -2.47. The summed E-state index contributed by atoms with van der Waals surface area (Å²) >= 11 is 0. The fourth-order valence-electron chi connectivity index (χ4n) is 1.85. The summed E-state index contributed by atoms with van der Waals surface area (Å²) in [5.74, 6) is -0.0690. The second-order valence-electron chi connectivity index (χ2n) is 4.19. The maximum atomic E-state index is 11.8. The van der Waals surface area contributed by atoms with Crippen LogP contribution in [0, 0.1) is 6.92 Å². The van der Waals surface area contributed by atoms with Crippen LogP contribution in [0.2, 0.25) is 0 Å². The highest BCUT2D eigenvalue weighted by atomic mass is 16.5. The van der Waals surface area contributed by atoms with Gasteiger partial charge < -0.3 is 15.4 Å². The smallest absolute Gasteiger partial charge is 0.250 e. The van der Waals surface area contributed by atoms with Crippen LogP contribution in [0.4, 0.5) is 0 Å². The summed E-state index contributed by atoms with van der Waals surface area (Å²) in [6.07, 6.45) is 1.54. The first-order valence-corrected chi connectivity index (χ1v) is 5.76. The van der Waals surface area contributed by atoms with Crippen LogP contribution < -0.4 is 10.6 Å². The van der Waals surface area contributed by atoms with Crippen LogP contribution in [0.25, 0.3) is 0 Å². The van der Waals surface area contributed by atoms with E-state index in [1.54, 1.807) is 4.68 Å². The monoisotopic (exact) mass is 238 g/mol. The molecule has 2 N–H and O–H groups in total.